The molecule has 3 nitrogen and oxygen atoms in total. The highest BCUT2D eigenvalue weighted by molar-refractivity contribution is 6.20. The summed E-state index contributed by atoms with van der Waals surface area (Å²) in [5.74, 6) is 1.58. The van der Waals surface area contributed by atoms with E-state index >= 15 is 0 Å². The summed E-state index contributed by atoms with van der Waals surface area (Å²) in [7, 11) is 0. The first kappa shape index (κ1) is 12.1. The van der Waals surface area contributed by atoms with Crippen molar-refractivity contribution in [2.24, 2.45) is 0 Å². The second kappa shape index (κ2) is 6.51. The molecule has 0 aromatic carbocycles. The average molecular weight is 229 g/mol. The van der Waals surface area contributed by atoms with Crippen LogP contribution in [0.15, 0.2) is 18.3 Å². The molecule has 84 valence electrons. The molecule has 1 aromatic rings. The number of rotatable bonds is 6. The third kappa shape index (κ3) is 4.38. The first-order chi connectivity index (χ1) is 7.24. The smallest absolute Gasteiger partial charge is 0.168 e. The van der Waals surface area contributed by atoms with Gasteiger partial charge >= 0.3 is 0 Å². The molecule has 0 aliphatic rings. The van der Waals surface area contributed by atoms with Gasteiger partial charge in [0.1, 0.15) is 0 Å². The molecule has 15 heavy (non-hydrogen) atoms. The zero-order valence-corrected chi connectivity index (χ0v) is 9.92. The number of halogens is 1. The summed E-state index contributed by atoms with van der Waals surface area (Å²) in [5.41, 5.74) is 0. The topological polar surface area (TPSA) is 34.1 Å². The maximum absolute atomic E-state index is 5.85. The van der Waals surface area contributed by atoms with Crippen LogP contribution in [-0.4, -0.2) is 23.5 Å². The van der Waals surface area contributed by atoms with E-state index in [1.54, 1.807) is 6.20 Å². The Bertz CT molecular complexity index is 292. The van der Waals surface area contributed by atoms with Gasteiger partial charge in [0.2, 0.25) is 0 Å². The van der Waals surface area contributed by atoms with Crippen LogP contribution in [0.2, 0.25) is 0 Å². The van der Waals surface area contributed by atoms with Gasteiger partial charge in [-0.25, -0.2) is 4.98 Å². The minimum atomic E-state index is 0.178. The molecule has 1 aromatic heterocycles. The van der Waals surface area contributed by atoms with Gasteiger partial charge in [-0.2, -0.15) is 0 Å². The molecule has 0 radical (unpaired) electrons. The van der Waals surface area contributed by atoms with Crippen molar-refractivity contribution in [3.63, 3.8) is 0 Å². The zero-order chi connectivity index (χ0) is 11.1. The number of aromatic nitrogens is 1. The van der Waals surface area contributed by atoms with Gasteiger partial charge in [0.05, 0.1) is 6.61 Å². The van der Waals surface area contributed by atoms with E-state index in [0.29, 0.717) is 6.61 Å². The molecule has 0 saturated carbocycles. The van der Waals surface area contributed by atoms with Crippen molar-refractivity contribution in [2.45, 2.75) is 25.6 Å². The molecule has 0 aliphatic carbocycles. The summed E-state index contributed by atoms with van der Waals surface area (Å²) >= 11 is 5.85. The van der Waals surface area contributed by atoms with Gasteiger partial charge in [0.25, 0.3) is 0 Å². The highest BCUT2D eigenvalue weighted by atomic mass is 35.5. The molecule has 0 amide bonds. The molecule has 1 N–H and O–H groups in total. The number of pyridine rings is 1. The highest BCUT2D eigenvalue weighted by Crippen LogP contribution is 2.20. The largest absolute Gasteiger partial charge is 0.490 e. The van der Waals surface area contributed by atoms with Gasteiger partial charge in [-0.05, 0) is 32.4 Å². The highest BCUT2D eigenvalue weighted by Gasteiger charge is 2.03. The molecule has 0 bridgehead atoms. The second-order valence-electron chi connectivity index (χ2n) is 3.28. The maximum Gasteiger partial charge on any atom is 0.168 e. The van der Waals surface area contributed by atoms with Gasteiger partial charge < -0.3 is 10.1 Å². The van der Waals surface area contributed by atoms with Crippen molar-refractivity contribution in [1.29, 1.82) is 0 Å². The Morgan fingerprint density at radius 2 is 2.40 bits per heavy atom. The van der Waals surface area contributed by atoms with E-state index < -0.39 is 0 Å². The first-order valence-corrected chi connectivity index (χ1v) is 5.63. The normalized spacial score (nSPS) is 12.2. The van der Waals surface area contributed by atoms with Gasteiger partial charge in [-0.3, -0.25) is 0 Å². The minimum absolute atomic E-state index is 0.178. The minimum Gasteiger partial charge on any atom is -0.490 e. The molecule has 0 saturated heterocycles. The van der Waals surface area contributed by atoms with Crippen LogP contribution < -0.4 is 10.1 Å². The van der Waals surface area contributed by atoms with E-state index in [4.69, 9.17) is 16.3 Å². The predicted molar refractivity (Wildman–Crippen MR) is 63.8 cm³/mol. The Morgan fingerprint density at radius 1 is 1.60 bits per heavy atom. The van der Waals surface area contributed by atoms with E-state index in [0.717, 1.165) is 24.5 Å². The van der Waals surface area contributed by atoms with Crippen LogP contribution in [0.4, 0.5) is 5.82 Å². The fourth-order valence-corrected chi connectivity index (χ4v) is 1.29. The molecule has 0 fully saturated rings. The van der Waals surface area contributed by atoms with E-state index in [1.807, 2.05) is 26.0 Å². The number of alkyl halides is 1. The number of ether oxygens (including phenoxy) is 1. The van der Waals surface area contributed by atoms with E-state index in [9.17, 15) is 0 Å². The summed E-state index contributed by atoms with van der Waals surface area (Å²) in [6.45, 7) is 5.39. The third-order valence-corrected chi connectivity index (χ3v) is 2.12. The molecule has 0 spiro atoms. The van der Waals surface area contributed by atoms with Crippen molar-refractivity contribution < 1.29 is 4.74 Å². The quantitative estimate of drug-likeness (QED) is 0.761. The lowest BCUT2D eigenvalue weighted by atomic mass is 10.3. The monoisotopic (exact) mass is 228 g/mol. The third-order valence-electron chi connectivity index (χ3n) is 1.91. The number of hydrogen-bond acceptors (Lipinski definition) is 3. The summed E-state index contributed by atoms with van der Waals surface area (Å²) in [4.78, 5) is 4.21. The van der Waals surface area contributed by atoms with Gasteiger partial charge in [0.15, 0.2) is 11.6 Å². The lowest BCUT2D eigenvalue weighted by Gasteiger charge is -2.11. The van der Waals surface area contributed by atoms with Crippen LogP contribution in [0, 0.1) is 0 Å². The molecule has 4 heteroatoms. The fourth-order valence-electron chi connectivity index (χ4n) is 1.18. The molecule has 0 aliphatic heterocycles. The van der Waals surface area contributed by atoms with E-state index in [-0.39, 0.29) is 5.38 Å². The van der Waals surface area contributed by atoms with Gasteiger partial charge in [-0.15, -0.1) is 11.6 Å². The van der Waals surface area contributed by atoms with E-state index in [1.165, 1.54) is 0 Å². The molecule has 1 atom stereocenters. The summed E-state index contributed by atoms with van der Waals surface area (Å²) in [6.07, 6.45) is 2.65. The Hall–Kier alpha value is -0.960. The lowest BCUT2D eigenvalue weighted by Crippen LogP contribution is -2.08. The van der Waals surface area contributed by atoms with Crippen LogP contribution in [0.5, 0.6) is 5.75 Å². The van der Waals surface area contributed by atoms with Crippen molar-refractivity contribution >= 4 is 17.4 Å². The molecular formula is C11H17ClN2O. The first-order valence-electron chi connectivity index (χ1n) is 5.19. The molecule has 1 rings (SSSR count). The van der Waals surface area contributed by atoms with Crippen LogP contribution in [0.3, 0.4) is 0 Å². The SMILES string of the molecule is CCOc1cccnc1NCCC(C)Cl. The summed E-state index contributed by atoms with van der Waals surface area (Å²) in [6, 6.07) is 3.77. The van der Waals surface area contributed by atoms with Crippen LogP contribution >= 0.6 is 11.6 Å². The fraction of sp³-hybridized carbons (Fsp3) is 0.545. The standard InChI is InChI=1S/C11H17ClN2O/c1-3-15-10-5-4-7-13-11(10)14-8-6-9(2)12/h4-5,7,9H,3,6,8H2,1-2H3,(H,13,14). The second-order valence-corrected chi connectivity index (χ2v) is 4.02. The maximum atomic E-state index is 5.85. The molecule has 1 heterocycles. The number of nitrogens with zero attached hydrogens (tertiary/aromatic N) is 1. The van der Waals surface area contributed by atoms with Crippen LogP contribution in [0.25, 0.3) is 0 Å². The Kier molecular flexibility index (Phi) is 5.26. The Morgan fingerprint density at radius 3 is 3.07 bits per heavy atom. The van der Waals surface area contributed by atoms with Crippen molar-refractivity contribution in [3.05, 3.63) is 18.3 Å². The summed E-state index contributed by atoms with van der Waals surface area (Å²) < 4.78 is 5.44. The summed E-state index contributed by atoms with van der Waals surface area (Å²) in [5, 5.41) is 3.39. The van der Waals surface area contributed by atoms with Gasteiger partial charge in [-0.1, -0.05) is 0 Å². The van der Waals surface area contributed by atoms with Crippen molar-refractivity contribution in [3.8, 4) is 5.75 Å². The van der Waals surface area contributed by atoms with E-state index in [2.05, 4.69) is 10.3 Å². The molecular weight excluding hydrogens is 212 g/mol. The average Bonchev–Trinajstić information content (AvgIpc) is 2.20. The molecule has 1 unspecified atom stereocenters. The van der Waals surface area contributed by atoms with Crippen molar-refractivity contribution in [2.75, 3.05) is 18.5 Å². The zero-order valence-electron chi connectivity index (χ0n) is 9.16. The Balaban J connectivity index is 2.51. The number of anilines is 1. The van der Waals surface area contributed by atoms with Gasteiger partial charge in [0, 0.05) is 18.1 Å². The van der Waals surface area contributed by atoms with Crippen molar-refractivity contribution in [1.82, 2.24) is 4.98 Å². The van der Waals surface area contributed by atoms with Crippen LogP contribution in [0.1, 0.15) is 20.3 Å². The number of hydrogen-bond donors (Lipinski definition) is 1. The number of nitrogens with one attached hydrogen (secondary N) is 1. The lowest BCUT2D eigenvalue weighted by molar-refractivity contribution is 0.340. The Labute approximate surface area is 95.8 Å². The predicted octanol–water partition coefficient (Wildman–Crippen LogP) is 2.91. The van der Waals surface area contributed by atoms with Crippen LogP contribution in [-0.2, 0) is 0 Å².